The molecule has 1 amide bonds. The molecule has 0 saturated carbocycles. The Morgan fingerprint density at radius 1 is 1.50 bits per heavy atom. The van der Waals surface area contributed by atoms with Crippen molar-refractivity contribution in [1.29, 1.82) is 0 Å². The summed E-state index contributed by atoms with van der Waals surface area (Å²) < 4.78 is 0. The Hall–Kier alpha value is -0.870. The van der Waals surface area contributed by atoms with Crippen LogP contribution >= 0.6 is 0 Å². The van der Waals surface area contributed by atoms with Crippen molar-refractivity contribution in [2.45, 2.75) is 6.42 Å². The molecule has 1 fully saturated rings. The number of nitrogens with zero attached hydrogens (tertiary/aromatic N) is 1. The van der Waals surface area contributed by atoms with Gasteiger partial charge in [0.25, 0.3) is 0 Å². The van der Waals surface area contributed by atoms with E-state index in [4.69, 9.17) is 0 Å². The molecular formula is C10H19N3O. The molecule has 1 aliphatic heterocycles. The number of rotatable bonds is 5. The van der Waals surface area contributed by atoms with Gasteiger partial charge in [0.2, 0.25) is 5.91 Å². The highest BCUT2D eigenvalue weighted by atomic mass is 16.2. The average Bonchev–Trinajstić information content (AvgIpc) is 2.20. The van der Waals surface area contributed by atoms with E-state index in [1.165, 1.54) is 0 Å². The molecule has 0 spiro atoms. The molecule has 0 aromatic heterocycles. The van der Waals surface area contributed by atoms with Gasteiger partial charge >= 0.3 is 0 Å². The molecule has 0 radical (unpaired) electrons. The third-order valence-corrected chi connectivity index (χ3v) is 2.25. The first-order chi connectivity index (χ1) is 6.83. The van der Waals surface area contributed by atoms with Crippen molar-refractivity contribution >= 4 is 5.91 Å². The summed E-state index contributed by atoms with van der Waals surface area (Å²) in [5.74, 6) is 0.119. The van der Waals surface area contributed by atoms with Gasteiger partial charge in [0.15, 0.2) is 0 Å². The summed E-state index contributed by atoms with van der Waals surface area (Å²) in [6.07, 6.45) is 2.65. The Labute approximate surface area is 85.3 Å². The van der Waals surface area contributed by atoms with Crippen LogP contribution in [0, 0.1) is 0 Å². The summed E-state index contributed by atoms with van der Waals surface area (Å²) >= 11 is 0. The fourth-order valence-corrected chi connectivity index (χ4v) is 1.44. The zero-order valence-corrected chi connectivity index (χ0v) is 8.59. The van der Waals surface area contributed by atoms with Gasteiger partial charge in [-0.3, -0.25) is 9.69 Å². The van der Waals surface area contributed by atoms with E-state index < -0.39 is 0 Å². The number of hydrogen-bond acceptors (Lipinski definition) is 3. The van der Waals surface area contributed by atoms with E-state index in [0.29, 0.717) is 13.1 Å². The second kappa shape index (κ2) is 6.56. The normalized spacial score (nSPS) is 17.7. The van der Waals surface area contributed by atoms with Crippen LogP contribution in [-0.4, -0.2) is 50.1 Å². The zero-order chi connectivity index (χ0) is 10.2. The van der Waals surface area contributed by atoms with Gasteiger partial charge in [0, 0.05) is 32.7 Å². The first kappa shape index (κ1) is 11.2. The summed E-state index contributed by atoms with van der Waals surface area (Å²) in [5, 5.41) is 6.11. The van der Waals surface area contributed by atoms with Gasteiger partial charge in [0.1, 0.15) is 0 Å². The first-order valence-electron chi connectivity index (χ1n) is 5.13. The lowest BCUT2D eigenvalue weighted by Crippen LogP contribution is -2.47. The Morgan fingerprint density at radius 3 is 2.86 bits per heavy atom. The molecule has 1 heterocycles. The van der Waals surface area contributed by atoms with Gasteiger partial charge in [-0.2, -0.15) is 0 Å². The Kier molecular flexibility index (Phi) is 5.25. The maximum Gasteiger partial charge on any atom is 0.234 e. The van der Waals surface area contributed by atoms with Crippen LogP contribution in [0.25, 0.3) is 0 Å². The van der Waals surface area contributed by atoms with Crippen LogP contribution in [0.2, 0.25) is 0 Å². The largest absolute Gasteiger partial charge is 0.355 e. The highest BCUT2D eigenvalue weighted by Gasteiger charge is 2.12. The Morgan fingerprint density at radius 2 is 2.21 bits per heavy atom. The lowest BCUT2D eigenvalue weighted by Gasteiger charge is -2.26. The monoisotopic (exact) mass is 197 g/mol. The highest BCUT2D eigenvalue weighted by molar-refractivity contribution is 5.77. The van der Waals surface area contributed by atoms with Crippen molar-refractivity contribution in [2.75, 3.05) is 39.3 Å². The van der Waals surface area contributed by atoms with E-state index in [-0.39, 0.29) is 5.91 Å². The van der Waals surface area contributed by atoms with Crippen LogP contribution < -0.4 is 10.6 Å². The maximum absolute atomic E-state index is 11.4. The predicted octanol–water partition coefficient (Wildman–Crippen LogP) is -0.416. The second-order valence-corrected chi connectivity index (χ2v) is 3.45. The zero-order valence-electron chi connectivity index (χ0n) is 8.59. The molecule has 0 atom stereocenters. The summed E-state index contributed by atoms with van der Waals surface area (Å²) in [5.41, 5.74) is 0. The van der Waals surface area contributed by atoms with Crippen LogP contribution in [0.15, 0.2) is 12.7 Å². The number of amides is 1. The molecule has 1 rings (SSSR count). The summed E-state index contributed by atoms with van der Waals surface area (Å²) in [6.45, 7) is 8.74. The molecule has 1 aliphatic rings. The number of carbonyl (C=O) groups excluding carboxylic acids is 1. The number of nitrogens with one attached hydrogen (secondary N) is 2. The molecule has 2 N–H and O–H groups in total. The third kappa shape index (κ3) is 4.39. The lowest BCUT2D eigenvalue weighted by atomic mass is 10.3. The average molecular weight is 197 g/mol. The fraction of sp³-hybridized carbons (Fsp3) is 0.700. The summed E-state index contributed by atoms with van der Waals surface area (Å²) in [4.78, 5) is 13.5. The minimum atomic E-state index is 0.119. The van der Waals surface area contributed by atoms with E-state index in [1.807, 2.05) is 6.08 Å². The molecule has 0 bridgehead atoms. The minimum absolute atomic E-state index is 0.119. The van der Waals surface area contributed by atoms with Crippen molar-refractivity contribution in [3.8, 4) is 0 Å². The van der Waals surface area contributed by atoms with Crippen LogP contribution in [-0.2, 0) is 4.79 Å². The molecule has 14 heavy (non-hydrogen) atoms. The molecule has 0 aromatic rings. The Bertz CT molecular complexity index is 188. The first-order valence-corrected chi connectivity index (χ1v) is 5.13. The maximum atomic E-state index is 11.4. The van der Waals surface area contributed by atoms with Gasteiger partial charge in [0.05, 0.1) is 6.54 Å². The molecule has 0 aromatic carbocycles. The minimum Gasteiger partial charge on any atom is -0.355 e. The van der Waals surface area contributed by atoms with Gasteiger partial charge in [-0.15, -0.1) is 6.58 Å². The van der Waals surface area contributed by atoms with E-state index in [1.54, 1.807) is 0 Å². The molecule has 80 valence electrons. The van der Waals surface area contributed by atoms with E-state index in [9.17, 15) is 4.79 Å². The van der Waals surface area contributed by atoms with Crippen molar-refractivity contribution < 1.29 is 4.79 Å². The van der Waals surface area contributed by atoms with Crippen LogP contribution in [0.4, 0.5) is 0 Å². The van der Waals surface area contributed by atoms with E-state index in [0.717, 1.165) is 32.6 Å². The standard InChI is InChI=1S/C10H19N3O/c1-2-3-4-12-10(14)9-13-7-5-11-6-8-13/h2,11H,1,3-9H2,(H,12,14). The van der Waals surface area contributed by atoms with Gasteiger partial charge < -0.3 is 10.6 Å². The quantitative estimate of drug-likeness (QED) is 0.465. The predicted molar refractivity (Wildman–Crippen MR) is 57.1 cm³/mol. The Balaban J connectivity index is 2.09. The van der Waals surface area contributed by atoms with Crippen LogP contribution in [0.3, 0.4) is 0 Å². The van der Waals surface area contributed by atoms with E-state index >= 15 is 0 Å². The van der Waals surface area contributed by atoms with Crippen molar-refractivity contribution in [3.63, 3.8) is 0 Å². The smallest absolute Gasteiger partial charge is 0.234 e. The summed E-state index contributed by atoms with van der Waals surface area (Å²) in [6, 6.07) is 0. The highest BCUT2D eigenvalue weighted by Crippen LogP contribution is 1.90. The number of carbonyl (C=O) groups is 1. The number of hydrogen-bond donors (Lipinski definition) is 2. The molecule has 4 heteroatoms. The lowest BCUT2D eigenvalue weighted by molar-refractivity contribution is -0.122. The number of piperazine rings is 1. The molecule has 4 nitrogen and oxygen atoms in total. The summed E-state index contributed by atoms with van der Waals surface area (Å²) in [7, 11) is 0. The molecule has 1 saturated heterocycles. The molecule has 0 unspecified atom stereocenters. The fourth-order valence-electron chi connectivity index (χ4n) is 1.44. The van der Waals surface area contributed by atoms with Gasteiger partial charge in [-0.25, -0.2) is 0 Å². The molecular weight excluding hydrogens is 178 g/mol. The van der Waals surface area contributed by atoms with Crippen molar-refractivity contribution in [2.24, 2.45) is 0 Å². The van der Waals surface area contributed by atoms with Gasteiger partial charge in [-0.1, -0.05) is 6.08 Å². The second-order valence-electron chi connectivity index (χ2n) is 3.45. The van der Waals surface area contributed by atoms with Crippen molar-refractivity contribution in [1.82, 2.24) is 15.5 Å². The van der Waals surface area contributed by atoms with Crippen LogP contribution in [0.1, 0.15) is 6.42 Å². The molecule has 0 aliphatic carbocycles. The van der Waals surface area contributed by atoms with Gasteiger partial charge in [-0.05, 0) is 6.42 Å². The van der Waals surface area contributed by atoms with Crippen LogP contribution in [0.5, 0.6) is 0 Å². The SMILES string of the molecule is C=CCCNC(=O)CN1CCNCC1. The van der Waals surface area contributed by atoms with Crippen molar-refractivity contribution in [3.05, 3.63) is 12.7 Å². The topological polar surface area (TPSA) is 44.4 Å². The van der Waals surface area contributed by atoms with E-state index in [2.05, 4.69) is 22.1 Å². The third-order valence-electron chi connectivity index (χ3n) is 2.25.